The van der Waals surface area contributed by atoms with E-state index in [0.717, 1.165) is 36.8 Å². The SMILES string of the molecule is CN(CCCNC(=O)C1CCCN1C(=O)c1ccc(Br)cc1)Cc1ccccc1. The van der Waals surface area contributed by atoms with E-state index in [4.69, 9.17) is 0 Å². The van der Waals surface area contributed by atoms with Crippen LogP contribution in [0.4, 0.5) is 0 Å². The third-order valence-electron chi connectivity index (χ3n) is 5.22. The van der Waals surface area contributed by atoms with E-state index in [1.165, 1.54) is 5.56 Å². The second-order valence-electron chi connectivity index (χ2n) is 7.53. The number of carbonyl (C=O) groups is 2. The molecule has 5 nitrogen and oxygen atoms in total. The van der Waals surface area contributed by atoms with Gasteiger partial charge in [-0.1, -0.05) is 46.3 Å². The van der Waals surface area contributed by atoms with Crippen LogP contribution in [0.25, 0.3) is 0 Å². The highest BCUT2D eigenvalue weighted by Gasteiger charge is 2.34. The van der Waals surface area contributed by atoms with Gasteiger partial charge in [0.1, 0.15) is 6.04 Å². The van der Waals surface area contributed by atoms with Crippen LogP contribution in [0.2, 0.25) is 0 Å². The third kappa shape index (κ3) is 6.15. The highest BCUT2D eigenvalue weighted by atomic mass is 79.9. The number of nitrogens with one attached hydrogen (secondary N) is 1. The first kappa shape index (κ1) is 21.5. The summed E-state index contributed by atoms with van der Waals surface area (Å²) in [6.07, 6.45) is 2.46. The van der Waals surface area contributed by atoms with Gasteiger partial charge in [0.2, 0.25) is 5.91 Å². The van der Waals surface area contributed by atoms with Gasteiger partial charge in [0.05, 0.1) is 0 Å². The highest BCUT2D eigenvalue weighted by Crippen LogP contribution is 2.21. The monoisotopic (exact) mass is 457 g/mol. The second-order valence-corrected chi connectivity index (χ2v) is 8.45. The fourth-order valence-electron chi connectivity index (χ4n) is 3.69. The molecule has 154 valence electrons. The molecule has 0 radical (unpaired) electrons. The van der Waals surface area contributed by atoms with E-state index in [-0.39, 0.29) is 17.9 Å². The summed E-state index contributed by atoms with van der Waals surface area (Å²) in [6, 6.07) is 17.3. The van der Waals surface area contributed by atoms with Crippen molar-refractivity contribution in [2.45, 2.75) is 31.8 Å². The topological polar surface area (TPSA) is 52.7 Å². The highest BCUT2D eigenvalue weighted by molar-refractivity contribution is 9.10. The van der Waals surface area contributed by atoms with Crippen LogP contribution in [-0.4, -0.2) is 54.3 Å². The smallest absolute Gasteiger partial charge is 0.254 e. The molecule has 1 N–H and O–H groups in total. The molecule has 1 fully saturated rings. The summed E-state index contributed by atoms with van der Waals surface area (Å²) in [5.41, 5.74) is 1.91. The van der Waals surface area contributed by atoms with Crippen molar-refractivity contribution in [2.24, 2.45) is 0 Å². The minimum absolute atomic E-state index is 0.0429. The first-order valence-electron chi connectivity index (χ1n) is 10.1. The number of hydrogen-bond donors (Lipinski definition) is 1. The summed E-state index contributed by atoms with van der Waals surface area (Å²) in [6.45, 7) is 3.05. The van der Waals surface area contributed by atoms with Crippen LogP contribution in [0.1, 0.15) is 35.2 Å². The molecule has 0 bridgehead atoms. The molecule has 29 heavy (non-hydrogen) atoms. The minimum Gasteiger partial charge on any atom is -0.354 e. The van der Waals surface area contributed by atoms with Gasteiger partial charge in [0.25, 0.3) is 5.91 Å². The van der Waals surface area contributed by atoms with Crippen molar-refractivity contribution in [1.82, 2.24) is 15.1 Å². The molecule has 1 heterocycles. The van der Waals surface area contributed by atoms with E-state index in [0.29, 0.717) is 18.7 Å². The van der Waals surface area contributed by atoms with E-state index in [1.54, 1.807) is 17.0 Å². The largest absolute Gasteiger partial charge is 0.354 e. The van der Waals surface area contributed by atoms with Gasteiger partial charge in [-0.25, -0.2) is 0 Å². The van der Waals surface area contributed by atoms with Crippen LogP contribution in [-0.2, 0) is 11.3 Å². The standard InChI is InChI=1S/C23H28BrN3O2/c1-26(17-18-7-3-2-4-8-18)15-6-14-25-22(28)21-9-5-16-27(21)23(29)19-10-12-20(24)13-11-19/h2-4,7-8,10-13,21H,5-6,9,14-17H2,1H3,(H,25,28). The van der Waals surface area contributed by atoms with Crippen molar-refractivity contribution >= 4 is 27.7 Å². The molecular formula is C23H28BrN3O2. The molecule has 0 aliphatic carbocycles. The Balaban J connectivity index is 1.43. The van der Waals surface area contributed by atoms with Crippen molar-refractivity contribution in [3.05, 3.63) is 70.2 Å². The summed E-state index contributed by atoms with van der Waals surface area (Å²) in [7, 11) is 2.09. The van der Waals surface area contributed by atoms with Crippen molar-refractivity contribution < 1.29 is 9.59 Å². The lowest BCUT2D eigenvalue weighted by Gasteiger charge is -2.24. The zero-order valence-corrected chi connectivity index (χ0v) is 18.4. The Morgan fingerprint density at radius 3 is 2.59 bits per heavy atom. The first-order chi connectivity index (χ1) is 14.0. The molecule has 6 heteroatoms. The van der Waals surface area contributed by atoms with Crippen LogP contribution in [0.5, 0.6) is 0 Å². The maximum absolute atomic E-state index is 12.8. The number of amides is 2. The quantitative estimate of drug-likeness (QED) is 0.614. The molecule has 2 amide bonds. The first-order valence-corrected chi connectivity index (χ1v) is 10.9. The van der Waals surface area contributed by atoms with Gasteiger partial charge in [0.15, 0.2) is 0 Å². The van der Waals surface area contributed by atoms with Crippen molar-refractivity contribution in [1.29, 1.82) is 0 Å². The molecular weight excluding hydrogens is 430 g/mol. The molecule has 1 unspecified atom stereocenters. The summed E-state index contributed by atoms with van der Waals surface area (Å²) >= 11 is 3.38. The number of carbonyl (C=O) groups excluding carboxylic acids is 2. The van der Waals surface area contributed by atoms with E-state index < -0.39 is 0 Å². The number of hydrogen-bond acceptors (Lipinski definition) is 3. The number of likely N-dealkylation sites (tertiary alicyclic amines) is 1. The number of halogens is 1. The Labute approximate surface area is 181 Å². The van der Waals surface area contributed by atoms with Gasteiger partial charge < -0.3 is 15.1 Å². The Bertz CT molecular complexity index is 811. The zero-order chi connectivity index (χ0) is 20.6. The van der Waals surface area contributed by atoms with Gasteiger partial charge >= 0.3 is 0 Å². The molecule has 2 aromatic rings. The summed E-state index contributed by atoms with van der Waals surface area (Å²) in [5.74, 6) is -0.114. The van der Waals surface area contributed by atoms with E-state index in [2.05, 4.69) is 45.3 Å². The summed E-state index contributed by atoms with van der Waals surface area (Å²) < 4.78 is 0.932. The lowest BCUT2D eigenvalue weighted by atomic mass is 10.1. The fraction of sp³-hybridized carbons (Fsp3) is 0.391. The van der Waals surface area contributed by atoms with Crippen molar-refractivity contribution in [2.75, 3.05) is 26.7 Å². The average Bonchev–Trinajstić information content (AvgIpc) is 3.22. The van der Waals surface area contributed by atoms with E-state index >= 15 is 0 Å². The van der Waals surface area contributed by atoms with Gasteiger partial charge in [-0.3, -0.25) is 9.59 Å². The molecule has 0 spiro atoms. The van der Waals surface area contributed by atoms with Crippen LogP contribution in [0.15, 0.2) is 59.1 Å². The van der Waals surface area contributed by atoms with E-state index in [9.17, 15) is 9.59 Å². The Kier molecular flexibility index (Phi) is 7.83. The predicted octanol–water partition coefficient (Wildman–Crippen LogP) is 3.69. The maximum atomic E-state index is 12.8. The normalized spacial score (nSPS) is 16.2. The molecule has 3 rings (SSSR count). The maximum Gasteiger partial charge on any atom is 0.254 e. The van der Waals surface area contributed by atoms with Crippen molar-refractivity contribution in [3.63, 3.8) is 0 Å². The summed E-state index contributed by atoms with van der Waals surface area (Å²) in [5, 5.41) is 3.02. The molecule has 2 aromatic carbocycles. The zero-order valence-electron chi connectivity index (χ0n) is 16.8. The minimum atomic E-state index is -0.367. The predicted molar refractivity (Wildman–Crippen MR) is 119 cm³/mol. The molecule has 1 saturated heterocycles. The number of rotatable bonds is 8. The Morgan fingerprint density at radius 1 is 1.14 bits per heavy atom. The Morgan fingerprint density at radius 2 is 1.86 bits per heavy atom. The van der Waals surface area contributed by atoms with Crippen molar-refractivity contribution in [3.8, 4) is 0 Å². The van der Waals surface area contributed by atoms with Crippen LogP contribution in [0, 0.1) is 0 Å². The molecule has 0 saturated carbocycles. The fourth-order valence-corrected chi connectivity index (χ4v) is 3.96. The lowest BCUT2D eigenvalue weighted by molar-refractivity contribution is -0.124. The molecule has 1 aliphatic heterocycles. The third-order valence-corrected chi connectivity index (χ3v) is 5.75. The Hall–Kier alpha value is -2.18. The summed E-state index contributed by atoms with van der Waals surface area (Å²) in [4.78, 5) is 29.4. The van der Waals surface area contributed by atoms with Gasteiger partial charge in [0, 0.05) is 29.7 Å². The molecule has 1 aliphatic rings. The second kappa shape index (κ2) is 10.6. The van der Waals surface area contributed by atoms with Gasteiger partial charge in [-0.15, -0.1) is 0 Å². The van der Waals surface area contributed by atoms with Crippen LogP contribution in [0.3, 0.4) is 0 Å². The number of nitrogens with zero attached hydrogens (tertiary/aromatic N) is 2. The van der Waals surface area contributed by atoms with Crippen LogP contribution >= 0.6 is 15.9 Å². The molecule has 1 atom stereocenters. The van der Waals surface area contributed by atoms with Crippen LogP contribution < -0.4 is 5.32 Å². The average molecular weight is 458 g/mol. The lowest BCUT2D eigenvalue weighted by Crippen LogP contribution is -2.46. The van der Waals surface area contributed by atoms with E-state index in [1.807, 2.05) is 30.3 Å². The van der Waals surface area contributed by atoms with Gasteiger partial charge in [-0.05, 0) is 62.7 Å². The number of benzene rings is 2. The van der Waals surface area contributed by atoms with Gasteiger partial charge in [-0.2, -0.15) is 0 Å². The molecule has 0 aromatic heterocycles.